The first kappa shape index (κ1) is 21.8. The van der Waals surface area contributed by atoms with Crippen LogP contribution in [-0.2, 0) is 6.54 Å². The first-order valence-corrected chi connectivity index (χ1v) is 9.92. The molecule has 0 saturated carbocycles. The minimum absolute atomic E-state index is 0.284. The maximum Gasteiger partial charge on any atom is 0.337 e. The second kappa shape index (κ2) is 7.71. The van der Waals surface area contributed by atoms with Crippen molar-refractivity contribution in [3.8, 4) is 0 Å². The van der Waals surface area contributed by atoms with Gasteiger partial charge in [-0.05, 0) is 37.8 Å². The van der Waals surface area contributed by atoms with E-state index in [1.165, 1.54) is 4.57 Å². The van der Waals surface area contributed by atoms with E-state index in [2.05, 4.69) is 15.5 Å². The zero-order valence-electron chi connectivity index (χ0n) is 18.3. The molecule has 0 aliphatic rings. The number of para-hydroxylation sites is 2. The number of benzene rings is 1. The van der Waals surface area contributed by atoms with Crippen LogP contribution in [0.3, 0.4) is 0 Å². The third-order valence-corrected chi connectivity index (χ3v) is 4.91. The van der Waals surface area contributed by atoms with Crippen molar-refractivity contribution in [2.24, 2.45) is 5.41 Å². The number of carbonyl (C=O) groups excluding carboxylic acids is 1. The Morgan fingerprint density at radius 3 is 2.33 bits per heavy atom. The Kier molecular flexibility index (Phi) is 5.60. The fraction of sp³-hybridized carbons (Fsp3) is 0.524. The van der Waals surface area contributed by atoms with E-state index in [1.807, 2.05) is 26.8 Å². The number of nitrogens with one attached hydrogen (secondary N) is 1. The average Bonchev–Trinajstić information content (AvgIpc) is 3.16. The summed E-state index contributed by atoms with van der Waals surface area (Å²) in [4.78, 5) is 26.4. The molecule has 2 heterocycles. The highest BCUT2D eigenvalue weighted by molar-refractivity contribution is 5.89. The number of aromatic nitrogens is 4. The summed E-state index contributed by atoms with van der Waals surface area (Å²) in [7, 11) is 0. The van der Waals surface area contributed by atoms with E-state index < -0.39 is 28.8 Å². The highest BCUT2D eigenvalue weighted by Crippen LogP contribution is 2.32. The minimum Gasteiger partial charge on any atom is -0.423 e. The summed E-state index contributed by atoms with van der Waals surface area (Å²) in [5.74, 6) is 0.682. The van der Waals surface area contributed by atoms with Crippen molar-refractivity contribution in [1.82, 2.24) is 24.6 Å². The monoisotopic (exact) mass is 415 g/mol. The molecule has 0 bridgehead atoms. The quantitative estimate of drug-likeness (QED) is 0.662. The van der Waals surface area contributed by atoms with E-state index in [0.29, 0.717) is 23.3 Å². The normalized spacial score (nSPS) is 13.6. The zero-order chi connectivity index (χ0) is 22.3. The molecule has 2 aromatic heterocycles. The number of fused-ring (bicyclic) bond motifs is 1. The van der Waals surface area contributed by atoms with Gasteiger partial charge >= 0.3 is 11.7 Å². The van der Waals surface area contributed by atoms with E-state index in [0.717, 1.165) is 4.57 Å². The lowest BCUT2D eigenvalue weighted by atomic mass is 9.86. The number of hydrogen-bond donors (Lipinski definition) is 2. The van der Waals surface area contributed by atoms with Crippen molar-refractivity contribution in [1.29, 1.82) is 0 Å². The molecule has 9 heteroatoms. The Labute approximate surface area is 174 Å². The van der Waals surface area contributed by atoms with Gasteiger partial charge in [0.1, 0.15) is 6.04 Å². The molecular formula is C21H29N5O4. The molecule has 9 nitrogen and oxygen atoms in total. The smallest absolute Gasteiger partial charge is 0.337 e. The maximum absolute atomic E-state index is 13.2. The SMILES string of the molecule is Cc1nnc([C@@H](NC(=O)n2c(=O)n(CCC(C)(C)O)c3ccccc32)C(C)(C)C)o1. The first-order valence-electron chi connectivity index (χ1n) is 9.92. The highest BCUT2D eigenvalue weighted by Gasteiger charge is 2.33. The second-order valence-corrected chi connectivity index (χ2v) is 9.23. The first-order chi connectivity index (χ1) is 13.9. The van der Waals surface area contributed by atoms with Crippen LogP contribution in [0, 0.1) is 12.3 Å². The van der Waals surface area contributed by atoms with E-state index in [-0.39, 0.29) is 12.4 Å². The molecule has 2 N–H and O–H groups in total. The number of hydrogen-bond acceptors (Lipinski definition) is 6. The fourth-order valence-corrected chi connectivity index (χ4v) is 3.27. The van der Waals surface area contributed by atoms with Crippen molar-refractivity contribution < 1.29 is 14.3 Å². The number of aliphatic hydroxyl groups is 1. The van der Waals surface area contributed by atoms with Crippen molar-refractivity contribution in [3.05, 3.63) is 46.5 Å². The van der Waals surface area contributed by atoms with E-state index in [1.54, 1.807) is 39.0 Å². The third kappa shape index (κ3) is 4.46. The van der Waals surface area contributed by atoms with Crippen LogP contribution in [0.25, 0.3) is 11.0 Å². The van der Waals surface area contributed by atoms with Gasteiger partial charge in [-0.3, -0.25) is 4.57 Å². The molecule has 0 aliphatic heterocycles. The molecule has 0 aliphatic carbocycles. The van der Waals surface area contributed by atoms with Crippen LogP contribution in [-0.4, -0.2) is 36.1 Å². The molecule has 0 saturated heterocycles. The molecule has 0 spiro atoms. The number of rotatable bonds is 5. The molecule has 0 radical (unpaired) electrons. The fourth-order valence-electron chi connectivity index (χ4n) is 3.27. The van der Waals surface area contributed by atoms with Crippen LogP contribution in [0.5, 0.6) is 0 Å². The second-order valence-electron chi connectivity index (χ2n) is 9.23. The molecular weight excluding hydrogens is 386 g/mol. The third-order valence-electron chi connectivity index (χ3n) is 4.91. The number of carbonyl (C=O) groups is 1. The van der Waals surface area contributed by atoms with Crippen LogP contribution in [0.4, 0.5) is 4.79 Å². The molecule has 3 aromatic rings. The lowest BCUT2D eigenvalue weighted by Gasteiger charge is -2.28. The molecule has 0 fully saturated rings. The molecule has 0 unspecified atom stereocenters. The molecule has 162 valence electrons. The van der Waals surface area contributed by atoms with Gasteiger partial charge in [0.2, 0.25) is 11.8 Å². The minimum atomic E-state index is -0.932. The largest absolute Gasteiger partial charge is 0.423 e. The summed E-state index contributed by atoms with van der Waals surface area (Å²) in [5, 5.41) is 20.9. The van der Waals surface area contributed by atoms with E-state index in [4.69, 9.17) is 4.42 Å². The van der Waals surface area contributed by atoms with Crippen LogP contribution in [0.2, 0.25) is 0 Å². The average molecular weight is 415 g/mol. The number of aryl methyl sites for hydroxylation is 2. The summed E-state index contributed by atoms with van der Waals surface area (Å²) in [6.07, 6.45) is 0.369. The molecule has 30 heavy (non-hydrogen) atoms. The van der Waals surface area contributed by atoms with Crippen LogP contribution >= 0.6 is 0 Å². The van der Waals surface area contributed by atoms with Crippen LogP contribution in [0.15, 0.2) is 33.5 Å². The van der Waals surface area contributed by atoms with Gasteiger partial charge < -0.3 is 14.8 Å². The topological polar surface area (TPSA) is 115 Å². The summed E-state index contributed by atoms with van der Waals surface area (Å²) in [6, 6.07) is 5.93. The van der Waals surface area contributed by atoms with Crippen molar-refractivity contribution in [2.75, 3.05) is 0 Å². The van der Waals surface area contributed by atoms with Gasteiger partial charge in [-0.15, -0.1) is 10.2 Å². The number of amides is 1. The van der Waals surface area contributed by atoms with Gasteiger partial charge in [-0.1, -0.05) is 32.9 Å². The lowest BCUT2D eigenvalue weighted by Crippen LogP contribution is -2.43. The van der Waals surface area contributed by atoms with Gasteiger partial charge in [0, 0.05) is 13.5 Å². The summed E-state index contributed by atoms with van der Waals surface area (Å²) >= 11 is 0. The Morgan fingerprint density at radius 2 is 1.80 bits per heavy atom. The number of nitrogens with zero attached hydrogens (tertiary/aromatic N) is 4. The van der Waals surface area contributed by atoms with Gasteiger partial charge in [0.15, 0.2) is 0 Å². The molecule has 3 rings (SSSR count). The predicted molar refractivity (Wildman–Crippen MR) is 112 cm³/mol. The van der Waals surface area contributed by atoms with Crippen molar-refractivity contribution in [2.45, 2.75) is 66.2 Å². The molecule has 1 atom stereocenters. The Balaban J connectivity index is 2.02. The van der Waals surface area contributed by atoms with E-state index in [9.17, 15) is 14.7 Å². The standard InChI is InChI=1S/C21H29N5O4/c1-13-23-24-17(30-13)16(20(2,3)4)22-18(27)26-15-10-8-7-9-14(15)25(19(26)28)12-11-21(5,6)29/h7-10,16,29H,11-12H2,1-6H3,(H,22,27)/t16-/m1/s1. The summed E-state index contributed by atoms with van der Waals surface area (Å²) in [6.45, 7) is 11.1. The molecule has 1 aromatic carbocycles. The zero-order valence-corrected chi connectivity index (χ0v) is 18.3. The Hall–Kier alpha value is -2.94. The Bertz CT molecular complexity index is 1110. The Morgan fingerprint density at radius 1 is 1.17 bits per heavy atom. The van der Waals surface area contributed by atoms with Gasteiger partial charge in [-0.25, -0.2) is 14.2 Å². The van der Waals surface area contributed by atoms with E-state index >= 15 is 0 Å². The molecule has 1 amide bonds. The predicted octanol–water partition coefficient (Wildman–Crippen LogP) is 3.00. The van der Waals surface area contributed by atoms with Crippen molar-refractivity contribution in [3.63, 3.8) is 0 Å². The number of imidazole rings is 1. The lowest BCUT2D eigenvalue weighted by molar-refractivity contribution is 0.0662. The summed E-state index contributed by atoms with van der Waals surface area (Å²) < 4.78 is 8.17. The van der Waals surface area contributed by atoms with Gasteiger partial charge in [0.05, 0.1) is 16.6 Å². The highest BCUT2D eigenvalue weighted by atomic mass is 16.4. The maximum atomic E-state index is 13.2. The van der Waals surface area contributed by atoms with Gasteiger partial charge in [0.25, 0.3) is 0 Å². The van der Waals surface area contributed by atoms with Crippen LogP contribution < -0.4 is 11.0 Å². The van der Waals surface area contributed by atoms with Gasteiger partial charge in [-0.2, -0.15) is 0 Å². The van der Waals surface area contributed by atoms with Crippen molar-refractivity contribution >= 4 is 17.1 Å². The summed E-state index contributed by atoms with van der Waals surface area (Å²) in [5.41, 5.74) is -0.712. The van der Waals surface area contributed by atoms with Crippen LogP contribution in [0.1, 0.15) is 58.9 Å².